The Morgan fingerprint density at radius 1 is 0.697 bits per heavy atom. The number of unbranched alkanes of at least 4 members (excludes halogenated alkanes) is 5. The highest BCUT2D eigenvalue weighted by Gasteiger charge is 2.54. The molecule has 3 unspecified atom stereocenters. The third-order valence-corrected chi connectivity index (χ3v) is 6.58. The minimum absolute atomic E-state index is 0.187. The van der Waals surface area contributed by atoms with E-state index in [2.05, 4.69) is 19.1 Å². The fourth-order valence-electron chi connectivity index (χ4n) is 5.04. The van der Waals surface area contributed by atoms with Gasteiger partial charge in [-0.2, -0.15) is 0 Å². The predicted molar refractivity (Wildman–Crippen MR) is 129 cm³/mol. The molecule has 0 heterocycles. The number of carboxylic acid groups (broad SMARTS) is 3. The van der Waals surface area contributed by atoms with Crippen LogP contribution in [-0.4, -0.2) is 57.3 Å². The van der Waals surface area contributed by atoms with Gasteiger partial charge in [0.25, 0.3) is 0 Å². The number of aliphatic carboxylic acids is 3. The Morgan fingerprint density at radius 2 is 1.15 bits per heavy atom. The zero-order chi connectivity index (χ0) is 25.3. The van der Waals surface area contributed by atoms with Crippen LogP contribution in [0.15, 0.2) is 12.2 Å². The van der Waals surface area contributed by atoms with E-state index in [1.165, 1.54) is 19.3 Å². The highest BCUT2D eigenvalue weighted by Crippen LogP contribution is 2.33. The molecule has 0 aromatic carbocycles. The molecule has 0 rings (SSSR count). The molecule has 0 saturated heterocycles. The number of hydrogen-bond acceptors (Lipinski definition) is 4. The van der Waals surface area contributed by atoms with Gasteiger partial charge in [-0.25, -0.2) is 9.59 Å². The smallest absolute Gasteiger partial charge is 0.362 e. The second-order valence-electron chi connectivity index (χ2n) is 9.09. The zero-order valence-electron chi connectivity index (χ0n) is 21.3. The van der Waals surface area contributed by atoms with Crippen molar-refractivity contribution >= 4 is 17.9 Å². The van der Waals surface area contributed by atoms with Crippen molar-refractivity contribution < 1.29 is 34.2 Å². The van der Waals surface area contributed by atoms with E-state index < -0.39 is 40.5 Å². The maximum Gasteiger partial charge on any atom is 0.362 e. The molecular weight excluding hydrogens is 422 g/mol. The Morgan fingerprint density at radius 3 is 1.55 bits per heavy atom. The molecule has 0 bridgehead atoms. The number of allylic oxidation sites excluding steroid dienone is 2. The molecule has 0 radical (unpaired) electrons. The second kappa shape index (κ2) is 17.6. The predicted octanol–water partition coefficient (Wildman–Crippen LogP) is 4.54. The Hall–Kier alpha value is -1.89. The van der Waals surface area contributed by atoms with Crippen molar-refractivity contribution in [2.45, 2.75) is 129 Å². The summed E-state index contributed by atoms with van der Waals surface area (Å²) in [6.45, 7) is 7.87. The van der Waals surface area contributed by atoms with Gasteiger partial charge in [-0.3, -0.25) is 4.48 Å². The summed E-state index contributed by atoms with van der Waals surface area (Å²) >= 11 is 0. The van der Waals surface area contributed by atoms with Crippen LogP contribution in [0.3, 0.4) is 0 Å². The van der Waals surface area contributed by atoms with E-state index in [9.17, 15) is 29.7 Å². The van der Waals surface area contributed by atoms with Gasteiger partial charge in [0.15, 0.2) is 12.1 Å². The lowest BCUT2D eigenvalue weighted by molar-refractivity contribution is -0.975. The largest absolute Gasteiger partial charge is 0.544 e. The summed E-state index contributed by atoms with van der Waals surface area (Å²) in [5.41, 5.74) is 0. The molecule has 0 aliphatic carbocycles. The average molecular weight is 470 g/mol. The fourth-order valence-corrected chi connectivity index (χ4v) is 5.04. The molecular formula is C26H47NO6. The molecule has 2 N–H and O–H groups in total. The van der Waals surface area contributed by atoms with Gasteiger partial charge in [-0.05, 0) is 32.1 Å². The van der Waals surface area contributed by atoms with E-state index in [0.717, 1.165) is 12.8 Å². The number of carbonyl (C=O) groups excluding carboxylic acids is 1. The Bertz CT molecular complexity index is 544. The van der Waals surface area contributed by atoms with Crippen LogP contribution < -0.4 is 5.11 Å². The molecule has 0 aliphatic heterocycles. The van der Waals surface area contributed by atoms with Crippen LogP contribution in [0.4, 0.5) is 0 Å². The van der Waals surface area contributed by atoms with Crippen molar-refractivity contribution in [1.29, 1.82) is 0 Å². The highest BCUT2D eigenvalue weighted by molar-refractivity contribution is 5.77. The van der Waals surface area contributed by atoms with Gasteiger partial charge in [-0.15, -0.1) is 0 Å². The van der Waals surface area contributed by atoms with E-state index in [4.69, 9.17) is 0 Å². The van der Waals surface area contributed by atoms with Crippen LogP contribution in [0.1, 0.15) is 111 Å². The van der Waals surface area contributed by atoms with E-state index in [-0.39, 0.29) is 25.8 Å². The van der Waals surface area contributed by atoms with Crippen molar-refractivity contribution in [1.82, 2.24) is 0 Å². The zero-order valence-corrected chi connectivity index (χ0v) is 21.3. The van der Waals surface area contributed by atoms with Crippen LogP contribution in [0.5, 0.6) is 0 Å². The second-order valence-corrected chi connectivity index (χ2v) is 9.09. The quantitative estimate of drug-likeness (QED) is 0.145. The summed E-state index contributed by atoms with van der Waals surface area (Å²) in [5.74, 6) is -3.62. The van der Waals surface area contributed by atoms with E-state index >= 15 is 0 Å². The normalized spacial score (nSPS) is 16.2. The third kappa shape index (κ3) is 9.86. The lowest BCUT2D eigenvalue weighted by Gasteiger charge is -2.52. The van der Waals surface area contributed by atoms with Crippen molar-refractivity contribution in [2.75, 3.05) is 6.54 Å². The summed E-state index contributed by atoms with van der Waals surface area (Å²) in [6.07, 6.45) is 13.3. The molecule has 7 heteroatoms. The average Bonchev–Trinajstić information content (AvgIpc) is 2.76. The maximum absolute atomic E-state index is 12.4. The van der Waals surface area contributed by atoms with Crippen LogP contribution >= 0.6 is 0 Å². The molecule has 33 heavy (non-hydrogen) atoms. The van der Waals surface area contributed by atoms with Gasteiger partial charge in [0.1, 0.15) is 6.04 Å². The maximum atomic E-state index is 12.4. The van der Waals surface area contributed by atoms with Gasteiger partial charge in [-0.1, -0.05) is 65.5 Å². The van der Waals surface area contributed by atoms with Crippen LogP contribution in [0.25, 0.3) is 0 Å². The summed E-state index contributed by atoms with van der Waals surface area (Å²) in [6, 6.07) is -3.38. The fraction of sp³-hybridized carbons (Fsp3) is 0.808. The van der Waals surface area contributed by atoms with Crippen molar-refractivity contribution in [3.63, 3.8) is 0 Å². The topological polar surface area (TPSA) is 115 Å². The number of quaternary nitrogens is 1. The first-order valence-corrected chi connectivity index (χ1v) is 12.9. The SMILES string of the molecule is CCCCCC/C=C/CCC[N+](C(CCC)C(=O)[O-])(C(CCC)C(=O)O)C(CCC)C(=O)O. The number of rotatable bonds is 21. The van der Waals surface area contributed by atoms with E-state index in [1.54, 1.807) is 0 Å². The molecule has 192 valence electrons. The summed E-state index contributed by atoms with van der Waals surface area (Å²) in [5, 5.41) is 32.6. The molecule has 0 fully saturated rings. The monoisotopic (exact) mass is 469 g/mol. The van der Waals surface area contributed by atoms with Gasteiger partial charge < -0.3 is 20.1 Å². The summed E-state index contributed by atoms with van der Waals surface area (Å²) in [4.78, 5) is 37.2. The van der Waals surface area contributed by atoms with Crippen molar-refractivity contribution in [3.05, 3.63) is 12.2 Å². The molecule has 0 spiro atoms. The first-order valence-electron chi connectivity index (χ1n) is 12.9. The molecule has 7 nitrogen and oxygen atoms in total. The van der Waals surface area contributed by atoms with Gasteiger partial charge in [0.05, 0.1) is 12.5 Å². The number of hydrogen-bond donors (Lipinski definition) is 2. The van der Waals surface area contributed by atoms with Crippen LogP contribution in [0.2, 0.25) is 0 Å². The molecule has 0 saturated carbocycles. The number of carboxylic acids is 3. The van der Waals surface area contributed by atoms with Crippen LogP contribution in [-0.2, 0) is 14.4 Å². The highest BCUT2D eigenvalue weighted by atomic mass is 16.4. The first kappa shape index (κ1) is 31.1. The molecule has 0 aromatic heterocycles. The Balaban J connectivity index is 6.10. The summed E-state index contributed by atoms with van der Waals surface area (Å²) in [7, 11) is 0. The third-order valence-electron chi connectivity index (χ3n) is 6.58. The standard InChI is InChI=1S/C26H47NO6/c1-5-9-10-11-12-13-14-15-16-20-27(21(17-6-2)24(28)29,22(18-7-3)25(30)31)23(19-8-4)26(32)33/h13-14,21-23H,5-12,15-20H2,1-4H3,(H2-,28,29,30,31,32,33)/b14-13+. The molecule has 3 atom stereocenters. The molecule has 0 aliphatic rings. The van der Waals surface area contributed by atoms with Crippen molar-refractivity contribution in [2.24, 2.45) is 0 Å². The van der Waals surface area contributed by atoms with E-state index in [0.29, 0.717) is 32.1 Å². The van der Waals surface area contributed by atoms with Gasteiger partial charge in [0, 0.05) is 25.7 Å². The molecule has 0 amide bonds. The Labute approximate surface area is 200 Å². The number of nitrogens with zero attached hydrogens (tertiary/aromatic N) is 1. The van der Waals surface area contributed by atoms with E-state index in [1.807, 2.05) is 20.8 Å². The van der Waals surface area contributed by atoms with Crippen LogP contribution in [0, 0.1) is 0 Å². The lowest BCUT2D eigenvalue weighted by Crippen LogP contribution is -2.74. The first-order chi connectivity index (χ1) is 15.7. The minimum atomic E-state index is -1.35. The van der Waals surface area contributed by atoms with Gasteiger partial charge >= 0.3 is 11.9 Å². The van der Waals surface area contributed by atoms with Crippen molar-refractivity contribution in [3.8, 4) is 0 Å². The molecule has 0 aromatic rings. The Kier molecular flexibility index (Phi) is 16.6. The minimum Gasteiger partial charge on any atom is -0.544 e. The number of carbonyl (C=O) groups is 3. The van der Waals surface area contributed by atoms with Gasteiger partial charge in [0.2, 0.25) is 0 Å². The summed E-state index contributed by atoms with van der Waals surface area (Å²) < 4.78 is -0.465. The lowest BCUT2D eigenvalue weighted by atomic mass is 9.91.